The number of nitrogens with one attached hydrogen (secondary N) is 1. The van der Waals surface area contributed by atoms with Gasteiger partial charge in [-0.15, -0.1) is 0 Å². The highest BCUT2D eigenvalue weighted by molar-refractivity contribution is 6.10. The molecule has 0 radical (unpaired) electrons. The lowest BCUT2D eigenvalue weighted by molar-refractivity contribution is -0.150. The highest BCUT2D eigenvalue weighted by Crippen LogP contribution is 2.31. The van der Waals surface area contributed by atoms with Gasteiger partial charge in [0.15, 0.2) is 6.04 Å². The van der Waals surface area contributed by atoms with Gasteiger partial charge in [-0.1, -0.05) is 63.2 Å². The summed E-state index contributed by atoms with van der Waals surface area (Å²) in [5.41, 5.74) is 1.77. The van der Waals surface area contributed by atoms with E-state index in [1.165, 1.54) is 12.0 Å². The number of amides is 4. The molecule has 2 aromatic rings. The van der Waals surface area contributed by atoms with Crippen LogP contribution in [-0.4, -0.2) is 60.7 Å². The number of ether oxygens (including phenoxy) is 2. The Morgan fingerprint density at radius 3 is 2.13 bits per heavy atom. The van der Waals surface area contributed by atoms with Gasteiger partial charge < -0.3 is 14.8 Å². The molecule has 202 valence electrons. The maximum atomic E-state index is 13.8. The maximum absolute atomic E-state index is 13.8. The molecule has 1 N–H and O–H groups in total. The van der Waals surface area contributed by atoms with Crippen molar-refractivity contribution in [3.63, 3.8) is 0 Å². The number of benzene rings is 2. The summed E-state index contributed by atoms with van der Waals surface area (Å²) in [5.74, 6) is -1.40. The van der Waals surface area contributed by atoms with Crippen molar-refractivity contribution in [2.24, 2.45) is 5.41 Å². The summed E-state index contributed by atoms with van der Waals surface area (Å²) in [6.45, 7) is 5.27. The van der Waals surface area contributed by atoms with Crippen molar-refractivity contribution < 1.29 is 28.7 Å². The Morgan fingerprint density at radius 1 is 0.947 bits per heavy atom. The maximum Gasteiger partial charge on any atom is 0.408 e. The molecular formula is C29H35N3O6. The van der Waals surface area contributed by atoms with Crippen molar-refractivity contribution in [3.8, 4) is 11.1 Å². The third-order valence-corrected chi connectivity index (χ3v) is 7.05. The van der Waals surface area contributed by atoms with Crippen molar-refractivity contribution >= 4 is 29.7 Å². The minimum absolute atomic E-state index is 0.0642. The third kappa shape index (κ3) is 5.82. The van der Waals surface area contributed by atoms with Crippen LogP contribution in [0.4, 0.5) is 15.3 Å². The Labute approximate surface area is 223 Å². The van der Waals surface area contributed by atoms with Crippen LogP contribution in [0, 0.1) is 5.41 Å². The molecule has 2 fully saturated rings. The smallest absolute Gasteiger partial charge is 0.408 e. The monoisotopic (exact) mass is 521 g/mol. The summed E-state index contributed by atoms with van der Waals surface area (Å²) in [6.07, 6.45) is 2.66. The molecular weight excluding hydrogens is 486 g/mol. The van der Waals surface area contributed by atoms with Gasteiger partial charge in [-0.2, -0.15) is 0 Å². The van der Waals surface area contributed by atoms with E-state index in [0.717, 1.165) is 41.7 Å². The number of anilines is 1. The SMILES string of the molecule is COC(=O)[C@@H]1CN(c2ccc(-c3ccccc3)cc2)C(=O)N1C(=O)[C@@H](NC(=O)OC1CCCC1)C(C)(C)C. The van der Waals surface area contributed by atoms with E-state index in [-0.39, 0.29) is 12.6 Å². The summed E-state index contributed by atoms with van der Waals surface area (Å²) in [6, 6.07) is 14.2. The largest absolute Gasteiger partial charge is 0.467 e. The fraction of sp³-hybridized carbons (Fsp3) is 0.448. The Morgan fingerprint density at radius 2 is 1.55 bits per heavy atom. The quantitative estimate of drug-likeness (QED) is 0.550. The minimum atomic E-state index is -1.16. The average molecular weight is 522 g/mol. The zero-order chi connectivity index (χ0) is 27.4. The van der Waals surface area contributed by atoms with Crippen molar-refractivity contribution in [3.05, 3.63) is 54.6 Å². The second-order valence-corrected chi connectivity index (χ2v) is 10.8. The molecule has 9 heteroatoms. The van der Waals surface area contributed by atoms with Gasteiger partial charge in [-0.25, -0.2) is 19.3 Å². The first kappa shape index (κ1) is 27.2. The van der Waals surface area contributed by atoms with E-state index in [0.29, 0.717) is 5.69 Å². The van der Waals surface area contributed by atoms with Gasteiger partial charge in [0.1, 0.15) is 12.1 Å². The van der Waals surface area contributed by atoms with Crippen LogP contribution < -0.4 is 10.2 Å². The molecule has 1 saturated carbocycles. The zero-order valence-electron chi connectivity index (χ0n) is 22.3. The van der Waals surface area contributed by atoms with Crippen molar-refractivity contribution in [1.82, 2.24) is 10.2 Å². The third-order valence-electron chi connectivity index (χ3n) is 7.05. The summed E-state index contributed by atoms with van der Waals surface area (Å²) in [5, 5.41) is 2.66. The van der Waals surface area contributed by atoms with Crippen LogP contribution >= 0.6 is 0 Å². The number of imide groups is 1. The number of hydrogen-bond donors (Lipinski definition) is 1. The van der Waals surface area contributed by atoms with Gasteiger partial charge in [-0.05, 0) is 54.4 Å². The van der Waals surface area contributed by atoms with Crippen molar-refractivity contribution in [2.45, 2.75) is 64.6 Å². The average Bonchev–Trinajstić information content (AvgIpc) is 3.54. The first-order valence-electron chi connectivity index (χ1n) is 12.9. The van der Waals surface area contributed by atoms with E-state index in [4.69, 9.17) is 9.47 Å². The molecule has 4 amide bonds. The number of carbonyl (C=O) groups excluding carboxylic acids is 4. The fourth-order valence-corrected chi connectivity index (χ4v) is 4.94. The second-order valence-electron chi connectivity index (χ2n) is 10.8. The molecule has 2 atom stereocenters. The number of carbonyl (C=O) groups is 4. The van der Waals surface area contributed by atoms with Crippen LogP contribution in [0.2, 0.25) is 0 Å². The number of nitrogens with zero attached hydrogens (tertiary/aromatic N) is 2. The van der Waals surface area contributed by atoms with Crippen LogP contribution in [0.5, 0.6) is 0 Å². The topological polar surface area (TPSA) is 105 Å². The second kappa shape index (κ2) is 11.2. The predicted molar refractivity (Wildman–Crippen MR) is 142 cm³/mol. The van der Waals surface area contributed by atoms with Crippen LogP contribution in [-0.2, 0) is 19.1 Å². The summed E-state index contributed by atoms with van der Waals surface area (Å²) in [7, 11) is 1.21. The van der Waals surface area contributed by atoms with E-state index in [9.17, 15) is 19.2 Å². The van der Waals surface area contributed by atoms with Crippen molar-refractivity contribution in [2.75, 3.05) is 18.6 Å². The van der Waals surface area contributed by atoms with Crippen LogP contribution in [0.1, 0.15) is 46.5 Å². The summed E-state index contributed by atoms with van der Waals surface area (Å²) in [4.78, 5) is 55.1. The fourth-order valence-electron chi connectivity index (χ4n) is 4.94. The van der Waals surface area contributed by atoms with E-state index in [2.05, 4.69) is 5.32 Å². The molecule has 1 aliphatic heterocycles. The zero-order valence-corrected chi connectivity index (χ0v) is 22.3. The molecule has 0 aromatic heterocycles. The minimum Gasteiger partial charge on any atom is -0.467 e. The normalized spacial score (nSPS) is 18.8. The van der Waals surface area contributed by atoms with Crippen molar-refractivity contribution in [1.29, 1.82) is 0 Å². The van der Waals surface area contributed by atoms with Gasteiger partial charge in [0.25, 0.3) is 5.91 Å². The van der Waals surface area contributed by atoms with Gasteiger partial charge in [0.05, 0.1) is 13.7 Å². The number of methoxy groups -OCH3 is 1. The van der Waals surface area contributed by atoms with Gasteiger partial charge in [0.2, 0.25) is 0 Å². The van der Waals surface area contributed by atoms with E-state index in [1.54, 1.807) is 32.9 Å². The predicted octanol–water partition coefficient (Wildman–Crippen LogP) is 4.75. The van der Waals surface area contributed by atoms with Crippen LogP contribution in [0.25, 0.3) is 11.1 Å². The Balaban J connectivity index is 1.57. The summed E-state index contributed by atoms with van der Waals surface area (Å²) >= 11 is 0. The van der Waals surface area contributed by atoms with Crippen LogP contribution in [0.15, 0.2) is 54.6 Å². The molecule has 1 saturated heterocycles. The first-order valence-corrected chi connectivity index (χ1v) is 12.9. The highest BCUT2D eigenvalue weighted by Gasteiger charge is 2.50. The lowest BCUT2D eigenvalue weighted by atomic mass is 9.85. The number of rotatable bonds is 6. The van der Waals surface area contributed by atoms with Gasteiger partial charge in [0, 0.05) is 5.69 Å². The lowest BCUT2D eigenvalue weighted by Gasteiger charge is -2.33. The molecule has 9 nitrogen and oxygen atoms in total. The number of hydrogen-bond acceptors (Lipinski definition) is 6. The number of alkyl carbamates (subject to hydrolysis) is 1. The van der Waals surface area contributed by atoms with Gasteiger partial charge in [-0.3, -0.25) is 9.69 Å². The molecule has 38 heavy (non-hydrogen) atoms. The first-order chi connectivity index (χ1) is 18.1. The summed E-state index contributed by atoms with van der Waals surface area (Å²) < 4.78 is 10.4. The van der Waals surface area contributed by atoms with E-state index < -0.39 is 41.5 Å². The molecule has 1 heterocycles. The highest BCUT2D eigenvalue weighted by atomic mass is 16.6. The molecule has 1 aliphatic carbocycles. The Hall–Kier alpha value is -3.88. The standard InChI is InChI=1S/C29H35N3O6/c1-29(2,3)24(30-27(35)38-22-12-8-9-13-22)25(33)32-23(26(34)37-4)18-31(28(32)36)21-16-14-20(15-17-21)19-10-6-5-7-11-19/h5-7,10-11,14-17,22-24H,8-9,12-13,18H2,1-4H3,(H,30,35)/t23-,24+/m0/s1. The molecule has 0 spiro atoms. The number of esters is 1. The molecule has 4 rings (SSSR count). The molecule has 2 aromatic carbocycles. The Kier molecular flexibility index (Phi) is 8.04. The lowest BCUT2D eigenvalue weighted by Crippen LogP contribution is -2.58. The van der Waals surface area contributed by atoms with Crippen LogP contribution in [0.3, 0.4) is 0 Å². The number of urea groups is 1. The Bertz CT molecular complexity index is 1170. The molecule has 0 bridgehead atoms. The molecule has 0 unspecified atom stereocenters. The van der Waals surface area contributed by atoms with E-state index >= 15 is 0 Å². The van der Waals surface area contributed by atoms with E-state index in [1.807, 2.05) is 42.5 Å². The van der Waals surface area contributed by atoms with Gasteiger partial charge >= 0.3 is 18.1 Å². The molecule has 2 aliphatic rings.